The molecule has 0 unspecified atom stereocenters. The molecule has 0 saturated carbocycles. The maximum Gasteiger partial charge on any atom is 0.265 e. The minimum Gasteiger partial charge on any atom is -0.326 e. The lowest BCUT2D eigenvalue weighted by molar-refractivity contribution is -0.115. The van der Waals surface area contributed by atoms with E-state index in [0.717, 1.165) is 21.8 Å². The number of anilines is 2. The molecule has 2 N–H and O–H groups in total. The summed E-state index contributed by atoms with van der Waals surface area (Å²) in [6, 6.07) is 13.0. The molecule has 0 spiro atoms. The van der Waals surface area contributed by atoms with E-state index in [4.69, 9.17) is 0 Å². The van der Waals surface area contributed by atoms with Crippen molar-refractivity contribution in [3.05, 3.63) is 68.5 Å². The van der Waals surface area contributed by atoms with Crippen LogP contribution < -0.4 is 10.6 Å². The zero-order valence-corrected chi connectivity index (χ0v) is 14.7. The van der Waals surface area contributed by atoms with Crippen LogP contribution in [0.2, 0.25) is 0 Å². The Morgan fingerprint density at radius 3 is 2.46 bits per heavy atom. The molecule has 0 radical (unpaired) electrons. The van der Waals surface area contributed by atoms with Crippen molar-refractivity contribution in [2.24, 2.45) is 0 Å². The van der Waals surface area contributed by atoms with E-state index in [0.29, 0.717) is 11.3 Å². The quantitative estimate of drug-likeness (QED) is 0.704. The highest BCUT2D eigenvalue weighted by atomic mass is 32.1. The van der Waals surface area contributed by atoms with E-state index in [1.165, 1.54) is 11.3 Å². The number of carbonyl (C=O) groups excluding carboxylic acids is 2. The third kappa shape index (κ3) is 4.10. The largest absolute Gasteiger partial charge is 0.326 e. The van der Waals surface area contributed by atoms with Gasteiger partial charge in [-0.15, -0.1) is 22.7 Å². The summed E-state index contributed by atoms with van der Waals surface area (Å²) < 4.78 is 0. The number of aryl methyl sites for hydroxylation is 1. The van der Waals surface area contributed by atoms with Crippen molar-refractivity contribution >= 4 is 45.9 Å². The van der Waals surface area contributed by atoms with Crippen LogP contribution >= 0.6 is 22.7 Å². The summed E-state index contributed by atoms with van der Waals surface area (Å²) in [4.78, 5) is 25.8. The molecule has 122 valence electrons. The normalized spacial score (nSPS) is 10.4. The highest BCUT2D eigenvalue weighted by molar-refractivity contribution is 7.12. The lowest BCUT2D eigenvalue weighted by atomic mass is 10.1. The molecule has 3 rings (SSSR count). The lowest BCUT2D eigenvalue weighted by Gasteiger charge is -2.10. The monoisotopic (exact) mass is 356 g/mol. The Bertz CT molecular complexity index is 840. The predicted octanol–water partition coefficient (Wildman–Crippen LogP) is 4.55. The molecule has 0 aliphatic heterocycles. The van der Waals surface area contributed by atoms with Crippen molar-refractivity contribution in [1.82, 2.24) is 0 Å². The van der Waals surface area contributed by atoms with Gasteiger partial charge in [0.1, 0.15) is 0 Å². The standard InChI is InChI=1S/C18H16N2O2S2/c1-12-10-13(19-17(21)11-14-4-2-8-23-14)6-7-15(12)20-18(22)16-5-3-9-24-16/h2-10H,11H2,1H3,(H,19,21)(H,20,22). The molecule has 0 aliphatic rings. The van der Waals surface area contributed by atoms with Crippen LogP contribution in [0.1, 0.15) is 20.1 Å². The van der Waals surface area contributed by atoms with E-state index in [1.807, 2.05) is 48.0 Å². The van der Waals surface area contributed by atoms with Gasteiger partial charge in [0.25, 0.3) is 5.91 Å². The van der Waals surface area contributed by atoms with Crippen molar-refractivity contribution in [2.75, 3.05) is 10.6 Å². The minimum absolute atomic E-state index is 0.0489. The Morgan fingerprint density at radius 1 is 1.00 bits per heavy atom. The van der Waals surface area contributed by atoms with Crippen molar-refractivity contribution in [1.29, 1.82) is 0 Å². The van der Waals surface area contributed by atoms with Crippen molar-refractivity contribution < 1.29 is 9.59 Å². The molecule has 0 bridgehead atoms. The summed E-state index contributed by atoms with van der Waals surface area (Å²) in [6.45, 7) is 1.90. The molecule has 6 heteroatoms. The average molecular weight is 356 g/mol. The van der Waals surface area contributed by atoms with Gasteiger partial charge in [-0.25, -0.2) is 0 Å². The van der Waals surface area contributed by atoms with Gasteiger partial charge >= 0.3 is 0 Å². The van der Waals surface area contributed by atoms with E-state index in [1.54, 1.807) is 23.5 Å². The summed E-state index contributed by atoms with van der Waals surface area (Å²) in [6.07, 6.45) is 0.369. The van der Waals surface area contributed by atoms with Gasteiger partial charge in [-0.1, -0.05) is 12.1 Å². The second-order valence-corrected chi connectivity index (χ2v) is 7.25. The smallest absolute Gasteiger partial charge is 0.265 e. The first-order chi connectivity index (χ1) is 11.6. The third-order valence-electron chi connectivity index (χ3n) is 3.42. The van der Waals surface area contributed by atoms with Crippen molar-refractivity contribution in [3.63, 3.8) is 0 Å². The van der Waals surface area contributed by atoms with Crippen LogP contribution in [0.5, 0.6) is 0 Å². The molecule has 0 atom stereocenters. The molecular weight excluding hydrogens is 340 g/mol. The fourth-order valence-corrected chi connectivity index (χ4v) is 3.57. The Morgan fingerprint density at radius 2 is 1.79 bits per heavy atom. The molecule has 24 heavy (non-hydrogen) atoms. The number of nitrogens with one attached hydrogen (secondary N) is 2. The molecule has 2 amide bonds. The highest BCUT2D eigenvalue weighted by Gasteiger charge is 2.10. The van der Waals surface area contributed by atoms with Gasteiger partial charge in [0.2, 0.25) is 5.91 Å². The molecule has 2 aromatic heterocycles. The predicted molar refractivity (Wildman–Crippen MR) is 100 cm³/mol. The minimum atomic E-state index is -0.123. The Hall–Kier alpha value is -2.44. The zero-order chi connectivity index (χ0) is 16.9. The lowest BCUT2D eigenvalue weighted by Crippen LogP contribution is -2.14. The van der Waals surface area contributed by atoms with Crippen LogP contribution in [0.15, 0.2) is 53.2 Å². The fraction of sp³-hybridized carbons (Fsp3) is 0.111. The van der Waals surface area contributed by atoms with Gasteiger partial charge in [-0.2, -0.15) is 0 Å². The van der Waals surface area contributed by atoms with Gasteiger partial charge in [0.05, 0.1) is 11.3 Å². The second kappa shape index (κ2) is 7.42. The SMILES string of the molecule is Cc1cc(NC(=O)Cc2cccs2)ccc1NC(=O)c1cccs1. The Labute approximate surface area is 148 Å². The maximum absolute atomic E-state index is 12.1. The molecule has 4 nitrogen and oxygen atoms in total. The molecule has 0 fully saturated rings. The summed E-state index contributed by atoms with van der Waals surface area (Å²) in [7, 11) is 0. The van der Waals surface area contributed by atoms with E-state index in [-0.39, 0.29) is 11.8 Å². The van der Waals surface area contributed by atoms with Gasteiger partial charge in [0.15, 0.2) is 0 Å². The number of amides is 2. The van der Waals surface area contributed by atoms with Crippen LogP contribution in [-0.4, -0.2) is 11.8 Å². The average Bonchev–Trinajstić information content (AvgIpc) is 3.23. The topological polar surface area (TPSA) is 58.2 Å². The Kier molecular flexibility index (Phi) is 5.08. The molecule has 2 heterocycles. The number of rotatable bonds is 5. The molecule has 0 saturated heterocycles. The first-order valence-corrected chi connectivity index (χ1v) is 9.15. The summed E-state index contributed by atoms with van der Waals surface area (Å²) in [5.41, 5.74) is 2.36. The van der Waals surface area contributed by atoms with Crippen LogP contribution in [-0.2, 0) is 11.2 Å². The number of benzene rings is 1. The Balaban J connectivity index is 1.64. The molecule has 1 aromatic carbocycles. The van der Waals surface area contributed by atoms with Gasteiger partial charge in [0, 0.05) is 16.3 Å². The molecule has 0 aliphatic carbocycles. The number of thiophene rings is 2. The molecule has 3 aromatic rings. The van der Waals surface area contributed by atoms with E-state index >= 15 is 0 Å². The van der Waals surface area contributed by atoms with E-state index in [2.05, 4.69) is 10.6 Å². The first kappa shape index (κ1) is 16.4. The van der Waals surface area contributed by atoms with Crippen LogP contribution in [0, 0.1) is 6.92 Å². The maximum atomic E-state index is 12.1. The second-order valence-electron chi connectivity index (χ2n) is 5.27. The van der Waals surface area contributed by atoms with E-state index < -0.39 is 0 Å². The van der Waals surface area contributed by atoms with Crippen LogP contribution in [0.3, 0.4) is 0 Å². The third-order valence-corrected chi connectivity index (χ3v) is 5.16. The van der Waals surface area contributed by atoms with Gasteiger partial charge in [-0.05, 0) is 53.6 Å². The van der Waals surface area contributed by atoms with Gasteiger partial charge < -0.3 is 10.6 Å². The molecular formula is C18H16N2O2S2. The summed E-state index contributed by atoms with van der Waals surface area (Å²) in [5, 5.41) is 9.60. The van der Waals surface area contributed by atoms with Crippen molar-refractivity contribution in [2.45, 2.75) is 13.3 Å². The number of hydrogen-bond donors (Lipinski definition) is 2. The van der Waals surface area contributed by atoms with Crippen molar-refractivity contribution in [3.8, 4) is 0 Å². The van der Waals surface area contributed by atoms with Crippen LogP contribution in [0.25, 0.3) is 0 Å². The summed E-state index contributed by atoms with van der Waals surface area (Å²) >= 11 is 2.97. The van der Waals surface area contributed by atoms with E-state index in [9.17, 15) is 9.59 Å². The fourth-order valence-electron chi connectivity index (χ4n) is 2.25. The highest BCUT2D eigenvalue weighted by Crippen LogP contribution is 2.21. The number of hydrogen-bond acceptors (Lipinski definition) is 4. The van der Waals surface area contributed by atoms with Crippen LogP contribution in [0.4, 0.5) is 11.4 Å². The summed E-state index contributed by atoms with van der Waals surface area (Å²) in [5.74, 6) is -0.171. The number of carbonyl (C=O) groups is 2. The first-order valence-electron chi connectivity index (χ1n) is 7.39. The zero-order valence-electron chi connectivity index (χ0n) is 13.0. The van der Waals surface area contributed by atoms with Gasteiger partial charge in [-0.3, -0.25) is 9.59 Å².